The third kappa shape index (κ3) is 7.58. The molecule has 82 valence electrons. The molecule has 0 heterocycles. The highest BCUT2D eigenvalue weighted by Crippen LogP contribution is 2.28. The molecule has 0 radical (unpaired) electrons. The Morgan fingerprint density at radius 2 is 1.93 bits per heavy atom. The molecule has 4 heteroatoms. The Hall–Kier alpha value is -1.06. The van der Waals surface area contributed by atoms with Crippen molar-refractivity contribution < 1.29 is 19.4 Å². The molecule has 0 aliphatic heterocycles. The van der Waals surface area contributed by atoms with Gasteiger partial charge >= 0.3 is 11.9 Å². The number of esters is 1. The van der Waals surface area contributed by atoms with Crippen LogP contribution in [0, 0.1) is 5.92 Å². The van der Waals surface area contributed by atoms with Gasteiger partial charge in [-0.3, -0.25) is 9.59 Å². The van der Waals surface area contributed by atoms with Crippen molar-refractivity contribution in [1.29, 1.82) is 0 Å². The summed E-state index contributed by atoms with van der Waals surface area (Å²) in [5.41, 5.74) is 0. The molecule has 0 unspecified atom stereocenters. The molecule has 4 nitrogen and oxygen atoms in total. The van der Waals surface area contributed by atoms with Crippen LogP contribution in [0.4, 0.5) is 0 Å². The number of carboxylic acid groups (broad SMARTS) is 1. The Balaban J connectivity index is 0.000000249. The van der Waals surface area contributed by atoms with E-state index < -0.39 is 5.97 Å². The fourth-order valence-corrected chi connectivity index (χ4v) is 0.648. The Kier molecular flexibility index (Phi) is 6.80. The molecule has 0 saturated heterocycles. The lowest BCUT2D eigenvalue weighted by atomic mass is 10.5. The van der Waals surface area contributed by atoms with Gasteiger partial charge in [-0.15, -0.1) is 0 Å². The second kappa shape index (κ2) is 7.35. The minimum Gasteiger partial charge on any atom is -0.481 e. The Labute approximate surface area is 84.3 Å². The third-order valence-electron chi connectivity index (χ3n) is 1.68. The van der Waals surface area contributed by atoms with Gasteiger partial charge in [0.2, 0.25) is 0 Å². The molecule has 0 aromatic carbocycles. The first-order valence-electron chi connectivity index (χ1n) is 5.00. The summed E-state index contributed by atoms with van der Waals surface area (Å²) in [6.07, 6.45) is 3.19. The monoisotopic (exact) mass is 202 g/mol. The summed E-state index contributed by atoms with van der Waals surface area (Å²) < 4.78 is 4.70. The van der Waals surface area contributed by atoms with Crippen molar-refractivity contribution in [3.05, 3.63) is 0 Å². The molecule has 0 spiro atoms. The number of ether oxygens (including phenoxy) is 1. The Morgan fingerprint density at radius 1 is 1.36 bits per heavy atom. The topological polar surface area (TPSA) is 63.6 Å². The highest BCUT2D eigenvalue weighted by atomic mass is 16.5. The van der Waals surface area contributed by atoms with Gasteiger partial charge in [-0.1, -0.05) is 13.8 Å². The van der Waals surface area contributed by atoms with E-state index in [2.05, 4.69) is 0 Å². The number of hydrogen-bond acceptors (Lipinski definition) is 3. The van der Waals surface area contributed by atoms with Crippen LogP contribution in [0.3, 0.4) is 0 Å². The smallest absolute Gasteiger partial charge is 0.306 e. The maximum atomic E-state index is 10.3. The summed E-state index contributed by atoms with van der Waals surface area (Å²) in [5, 5.41) is 8.05. The summed E-state index contributed by atoms with van der Waals surface area (Å²) in [6.45, 7) is 4.33. The zero-order valence-corrected chi connectivity index (χ0v) is 8.78. The zero-order valence-electron chi connectivity index (χ0n) is 8.78. The number of aliphatic carboxylic acids is 1. The summed E-state index contributed by atoms with van der Waals surface area (Å²) in [5.74, 6) is -0.716. The first kappa shape index (κ1) is 12.9. The van der Waals surface area contributed by atoms with Crippen LogP contribution in [-0.4, -0.2) is 23.7 Å². The van der Waals surface area contributed by atoms with Crippen molar-refractivity contribution in [2.75, 3.05) is 6.61 Å². The van der Waals surface area contributed by atoms with E-state index in [0.717, 1.165) is 19.3 Å². The van der Waals surface area contributed by atoms with E-state index in [1.165, 1.54) is 0 Å². The fourth-order valence-electron chi connectivity index (χ4n) is 0.648. The largest absolute Gasteiger partial charge is 0.481 e. The van der Waals surface area contributed by atoms with E-state index in [0.29, 0.717) is 13.0 Å². The molecule has 1 fully saturated rings. The van der Waals surface area contributed by atoms with Crippen LogP contribution >= 0.6 is 0 Å². The van der Waals surface area contributed by atoms with Crippen molar-refractivity contribution in [3.63, 3.8) is 0 Å². The van der Waals surface area contributed by atoms with E-state index >= 15 is 0 Å². The van der Waals surface area contributed by atoms with E-state index in [-0.39, 0.29) is 11.9 Å². The van der Waals surface area contributed by atoms with Crippen LogP contribution in [0.1, 0.15) is 39.5 Å². The first-order valence-corrected chi connectivity index (χ1v) is 5.00. The highest BCUT2D eigenvalue weighted by Gasteiger charge is 2.28. The van der Waals surface area contributed by atoms with Gasteiger partial charge in [0.15, 0.2) is 0 Å². The lowest BCUT2D eigenvalue weighted by Gasteiger charge is -1.97. The molecule has 0 atom stereocenters. The summed E-state index contributed by atoms with van der Waals surface area (Å²) >= 11 is 0. The fraction of sp³-hybridized carbons (Fsp3) is 0.800. The molecule has 0 aromatic heterocycles. The van der Waals surface area contributed by atoms with Gasteiger partial charge in [0, 0.05) is 6.42 Å². The lowest BCUT2D eigenvalue weighted by Crippen LogP contribution is -2.02. The molecule has 1 rings (SSSR count). The summed E-state index contributed by atoms with van der Waals surface area (Å²) in [7, 11) is 0. The quantitative estimate of drug-likeness (QED) is 0.706. The molecule has 0 bridgehead atoms. The molecular weight excluding hydrogens is 184 g/mol. The maximum Gasteiger partial charge on any atom is 0.306 e. The number of carboxylic acids is 1. The van der Waals surface area contributed by atoms with Gasteiger partial charge in [-0.2, -0.15) is 0 Å². The van der Waals surface area contributed by atoms with E-state index in [1.807, 2.05) is 6.92 Å². The van der Waals surface area contributed by atoms with Crippen LogP contribution < -0.4 is 0 Å². The van der Waals surface area contributed by atoms with E-state index in [9.17, 15) is 9.59 Å². The van der Waals surface area contributed by atoms with Crippen molar-refractivity contribution in [2.45, 2.75) is 39.5 Å². The minimum atomic E-state index is -0.630. The molecule has 1 aliphatic carbocycles. The SMILES string of the molecule is CCCOC(=O)CC.O=C(O)C1CC1. The molecule has 14 heavy (non-hydrogen) atoms. The van der Waals surface area contributed by atoms with E-state index in [1.54, 1.807) is 6.92 Å². The van der Waals surface area contributed by atoms with Crippen molar-refractivity contribution in [2.24, 2.45) is 5.92 Å². The van der Waals surface area contributed by atoms with Crippen LogP contribution in [0.5, 0.6) is 0 Å². The second-order valence-corrected chi connectivity index (χ2v) is 3.19. The molecule has 0 amide bonds. The second-order valence-electron chi connectivity index (χ2n) is 3.19. The number of carbonyl (C=O) groups excluding carboxylic acids is 1. The van der Waals surface area contributed by atoms with Gasteiger partial charge in [-0.05, 0) is 19.3 Å². The minimum absolute atomic E-state index is 0.0185. The predicted octanol–water partition coefficient (Wildman–Crippen LogP) is 1.83. The average Bonchev–Trinajstić information content (AvgIpc) is 2.98. The Morgan fingerprint density at radius 3 is 2.14 bits per heavy atom. The average molecular weight is 202 g/mol. The van der Waals surface area contributed by atoms with Crippen molar-refractivity contribution in [3.8, 4) is 0 Å². The predicted molar refractivity (Wildman–Crippen MR) is 51.9 cm³/mol. The number of carbonyl (C=O) groups is 2. The van der Waals surface area contributed by atoms with Crippen molar-refractivity contribution in [1.82, 2.24) is 0 Å². The first-order chi connectivity index (χ1) is 6.61. The summed E-state index contributed by atoms with van der Waals surface area (Å²) in [6, 6.07) is 0. The van der Waals surface area contributed by atoms with Crippen LogP contribution in [0.25, 0.3) is 0 Å². The van der Waals surface area contributed by atoms with E-state index in [4.69, 9.17) is 9.84 Å². The van der Waals surface area contributed by atoms with Gasteiger partial charge < -0.3 is 9.84 Å². The van der Waals surface area contributed by atoms with Crippen LogP contribution in [-0.2, 0) is 14.3 Å². The van der Waals surface area contributed by atoms with Crippen LogP contribution in [0.2, 0.25) is 0 Å². The standard InChI is InChI=1S/C6H12O2.C4H6O2/c1-3-5-8-6(7)4-2;5-4(6)3-1-2-3/h3-5H2,1-2H3;3H,1-2H2,(H,5,6). The summed E-state index contributed by atoms with van der Waals surface area (Å²) in [4.78, 5) is 20.1. The van der Waals surface area contributed by atoms with Gasteiger partial charge in [0.05, 0.1) is 12.5 Å². The lowest BCUT2D eigenvalue weighted by molar-refractivity contribution is -0.143. The molecule has 1 N–H and O–H groups in total. The third-order valence-corrected chi connectivity index (χ3v) is 1.68. The number of rotatable bonds is 4. The Bertz CT molecular complexity index is 185. The van der Waals surface area contributed by atoms with Crippen molar-refractivity contribution >= 4 is 11.9 Å². The number of hydrogen-bond donors (Lipinski definition) is 1. The van der Waals surface area contributed by atoms with Crippen LogP contribution in [0.15, 0.2) is 0 Å². The zero-order chi connectivity index (χ0) is 11.0. The molecule has 1 saturated carbocycles. The highest BCUT2D eigenvalue weighted by molar-refractivity contribution is 5.72. The molecule has 1 aliphatic rings. The van der Waals surface area contributed by atoms with Gasteiger partial charge in [0.25, 0.3) is 0 Å². The normalized spacial score (nSPS) is 13.9. The van der Waals surface area contributed by atoms with Gasteiger partial charge in [0.1, 0.15) is 0 Å². The maximum absolute atomic E-state index is 10.3. The molecule has 0 aromatic rings. The molecular formula is C10H18O4. The van der Waals surface area contributed by atoms with Gasteiger partial charge in [-0.25, -0.2) is 0 Å².